The Kier molecular flexibility index (Phi) is 35.7. The van der Waals surface area contributed by atoms with E-state index >= 15 is 0 Å². The summed E-state index contributed by atoms with van der Waals surface area (Å²) in [6, 6.07) is -1.10. The van der Waals surface area contributed by atoms with Crippen LogP contribution >= 0.6 is 0 Å². The number of carbonyl (C=O) groups is 1. The van der Waals surface area contributed by atoms with Crippen LogP contribution in [0.15, 0.2) is 23.8 Å². The zero-order chi connectivity index (χ0) is 45.1. The highest BCUT2D eigenvalue weighted by molar-refractivity contribution is 5.80. The molecule has 1 aliphatic rings. The summed E-state index contributed by atoms with van der Waals surface area (Å²) in [5, 5.41) is 85.8. The van der Waals surface area contributed by atoms with Gasteiger partial charge in [-0.15, -0.1) is 0 Å². The molecule has 12 nitrogen and oxygen atoms in total. The summed E-state index contributed by atoms with van der Waals surface area (Å²) in [5.41, 5.74) is 0.669. The molecular formula is C49H93NO11. The lowest BCUT2D eigenvalue weighted by Gasteiger charge is -2.40. The molecule has 2 unspecified atom stereocenters. The Morgan fingerprint density at radius 2 is 1.08 bits per heavy atom. The molecule has 0 radical (unpaired) electrons. The van der Waals surface area contributed by atoms with E-state index in [0.717, 1.165) is 44.9 Å². The number of ether oxygens (including phenoxy) is 2. The van der Waals surface area contributed by atoms with Crippen LogP contribution in [0.25, 0.3) is 0 Å². The molecule has 0 spiro atoms. The van der Waals surface area contributed by atoms with E-state index in [1.165, 1.54) is 115 Å². The van der Waals surface area contributed by atoms with E-state index in [0.29, 0.717) is 31.3 Å². The fourth-order valence-electron chi connectivity index (χ4n) is 7.94. The van der Waals surface area contributed by atoms with Gasteiger partial charge in [-0.25, -0.2) is 0 Å². The maximum absolute atomic E-state index is 13.1. The zero-order valence-corrected chi connectivity index (χ0v) is 38.7. The predicted molar refractivity (Wildman–Crippen MR) is 244 cm³/mol. The Bertz CT molecular complexity index is 1090. The molecule has 360 valence electrons. The smallest absolute Gasteiger partial charge is 0.249 e. The van der Waals surface area contributed by atoms with E-state index in [1.54, 1.807) is 19.1 Å². The lowest BCUT2D eigenvalue weighted by atomic mass is 9.99. The number of rotatable bonds is 40. The Balaban J connectivity index is 2.48. The number of hydrogen-bond donors (Lipinski definition) is 9. The first-order chi connectivity index (χ1) is 29.5. The molecule has 1 aliphatic heterocycles. The summed E-state index contributed by atoms with van der Waals surface area (Å²) in [6.45, 7) is 5.17. The van der Waals surface area contributed by atoms with E-state index in [4.69, 9.17) is 9.47 Å². The minimum Gasteiger partial charge on any atom is -0.394 e. The highest BCUT2D eigenvalue weighted by Gasteiger charge is 2.44. The molecule has 1 amide bonds. The first-order valence-corrected chi connectivity index (χ1v) is 24.8. The molecule has 1 fully saturated rings. The molecule has 0 aromatic heterocycles. The maximum atomic E-state index is 13.1. The summed E-state index contributed by atoms with van der Waals surface area (Å²) in [7, 11) is 0. The van der Waals surface area contributed by atoms with Crippen LogP contribution in [0.2, 0.25) is 0 Å². The number of nitrogens with one attached hydrogen (secondary N) is 1. The second kappa shape index (κ2) is 37.9. The van der Waals surface area contributed by atoms with Crippen LogP contribution in [0.5, 0.6) is 0 Å². The van der Waals surface area contributed by atoms with Gasteiger partial charge >= 0.3 is 0 Å². The van der Waals surface area contributed by atoms with Crippen LogP contribution in [0, 0.1) is 0 Å². The summed E-state index contributed by atoms with van der Waals surface area (Å²) in [5.74, 6) is -0.687. The van der Waals surface area contributed by atoms with E-state index in [-0.39, 0.29) is 6.42 Å². The molecule has 9 N–H and O–H groups in total. The molecular weight excluding hydrogens is 779 g/mol. The average Bonchev–Trinajstić information content (AvgIpc) is 3.25. The third-order valence-corrected chi connectivity index (χ3v) is 12.2. The van der Waals surface area contributed by atoms with Gasteiger partial charge in [0.1, 0.15) is 30.5 Å². The molecule has 10 atom stereocenters. The topological polar surface area (TPSA) is 209 Å². The van der Waals surface area contributed by atoms with Crippen LogP contribution in [0.4, 0.5) is 0 Å². The molecule has 0 aromatic rings. The molecule has 0 saturated carbocycles. The van der Waals surface area contributed by atoms with Gasteiger partial charge in [-0.2, -0.15) is 0 Å². The van der Waals surface area contributed by atoms with Gasteiger partial charge in [0, 0.05) is 0 Å². The Morgan fingerprint density at radius 3 is 1.56 bits per heavy atom. The van der Waals surface area contributed by atoms with Crippen LogP contribution in [0.3, 0.4) is 0 Å². The second-order valence-electron chi connectivity index (χ2n) is 17.9. The van der Waals surface area contributed by atoms with Crippen molar-refractivity contribution in [3.8, 4) is 0 Å². The SMILES string of the molecule is CCCCCCCCCCCCCCCCCCCCCC[C@@H](O)C(=O)N[C@@H](CO[C@@H]1O[C@H](CO)[C@@H](O)[C@H](O)[C@H]1O)[C@H](O)/C=C/CCC(O)/C(C)=C/C(O)CCCCCCC. The number of hydrogen-bond acceptors (Lipinski definition) is 11. The van der Waals surface area contributed by atoms with Crippen LogP contribution < -0.4 is 5.32 Å². The summed E-state index contributed by atoms with van der Waals surface area (Å²) >= 11 is 0. The zero-order valence-electron chi connectivity index (χ0n) is 38.7. The van der Waals surface area contributed by atoms with Crippen molar-refractivity contribution in [2.24, 2.45) is 0 Å². The molecule has 61 heavy (non-hydrogen) atoms. The Morgan fingerprint density at radius 1 is 0.623 bits per heavy atom. The lowest BCUT2D eigenvalue weighted by molar-refractivity contribution is -0.302. The first kappa shape index (κ1) is 57.6. The highest BCUT2D eigenvalue weighted by atomic mass is 16.7. The van der Waals surface area contributed by atoms with E-state index in [1.807, 2.05) is 0 Å². The summed E-state index contributed by atoms with van der Waals surface area (Å²) < 4.78 is 11.1. The third-order valence-electron chi connectivity index (χ3n) is 12.2. The predicted octanol–water partition coefficient (Wildman–Crippen LogP) is 7.59. The number of aliphatic hydroxyl groups excluding tert-OH is 8. The number of allylic oxidation sites excluding steroid dienone is 1. The number of unbranched alkanes of at least 4 members (excludes halogenated alkanes) is 23. The quantitative estimate of drug-likeness (QED) is 0.0217. The Hall–Kier alpha value is -1.45. The third kappa shape index (κ3) is 28.2. The minimum atomic E-state index is -1.66. The number of carbonyl (C=O) groups excluding carboxylic acids is 1. The lowest BCUT2D eigenvalue weighted by Crippen LogP contribution is -2.60. The van der Waals surface area contributed by atoms with Crippen molar-refractivity contribution in [1.29, 1.82) is 0 Å². The Labute approximate surface area is 370 Å². The van der Waals surface area contributed by atoms with Crippen LogP contribution in [-0.2, 0) is 14.3 Å². The van der Waals surface area contributed by atoms with Crippen molar-refractivity contribution in [3.63, 3.8) is 0 Å². The van der Waals surface area contributed by atoms with Crippen molar-refractivity contribution in [2.75, 3.05) is 13.2 Å². The number of aliphatic hydroxyl groups is 8. The molecule has 0 bridgehead atoms. The standard InChI is InChI=1S/C49H93NO11/c1-4-6-8-10-11-12-13-14-15-16-17-18-19-20-21-22-23-24-26-28-34-43(55)48(59)50-40(37-60-49-47(58)46(57)45(56)44(36-51)61-49)42(54)33-30-29-32-41(53)38(3)35-39(52)31-27-25-9-7-5-2/h30,33,35,39-47,49,51-58H,4-29,31-32,34,36-37H2,1-3H3,(H,50,59)/b33-30+,38-35+/t39?,40-,41?,42+,43+,44+,45+,46-,47+,49+/m0/s1. The van der Waals surface area contributed by atoms with Crippen molar-refractivity contribution in [2.45, 2.75) is 268 Å². The maximum Gasteiger partial charge on any atom is 0.249 e. The summed E-state index contributed by atoms with van der Waals surface area (Å²) in [4.78, 5) is 13.1. The fraction of sp³-hybridized carbons (Fsp3) is 0.898. The van der Waals surface area contributed by atoms with Gasteiger partial charge < -0.3 is 55.6 Å². The molecule has 1 rings (SSSR count). The molecule has 1 heterocycles. The second-order valence-corrected chi connectivity index (χ2v) is 17.9. The van der Waals surface area contributed by atoms with E-state index in [2.05, 4.69) is 19.2 Å². The van der Waals surface area contributed by atoms with Crippen molar-refractivity contribution >= 4 is 5.91 Å². The largest absolute Gasteiger partial charge is 0.394 e. The van der Waals surface area contributed by atoms with Gasteiger partial charge in [0.2, 0.25) is 5.91 Å². The monoisotopic (exact) mass is 872 g/mol. The van der Waals surface area contributed by atoms with Gasteiger partial charge in [-0.1, -0.05) is 193 Å². The normalized spacial score (nSPS) is 22.3. The number of amides is 1. The van der Waals surface area contributed by atoms with Gasteiger partial charge in [-0.05, 0) is 38.2 Å². The average molecular weight is 872 g/mol. The van der Waals surface area contributed by atoms with Gasteiger partial charge in [0.25, 0.3) is 0 Å². The fourth-order valence-corrected chi connectivity index (χ4v) is 7.94. The highest BCUT2D eigenvalue weighted by Crippen LogP contribution is 2.23. The summed E-state index contributed by atoms with van der Waals surface area (Å²) in [6.07, 6.45) is 25.6. The minimum absolute atomic E-state index is 0.259. The van der Waals surface area contributed by atoms with Gasteiger partial charge in [-0.3, -0.25) is 4.79 Å². The molecule has 1 saturated heterocycles. The van der Waals surface area contributed by atoms with Crippen molar-refractivity contribution in [1.82, 2.24) is 5.32 Å². The van der Waals surface area contributed by atoms with Gasteiger partial charge in [0.15, 0.2) is 6.29 Å². The van der Waals surface area contributed by atoms with Gasteiger partial charge in [0.05, 0.1) is 37.6 Å². The molecule has 0 aliphatic carbocycles. The van der Waals surface area contributed by atoms with Crippen molar-refractivity contribution in [3.05, 3.63) is 23.8 Å². The first-order valence-electron chi connectivity index (χ1n) is 24.8. The van der Waals surface area contributed by atoms with Crippen LogP contribution in [0.1, 0.15) is 207 Å². The van der Waals surface area contributed by atoms with Crippen LogP contribution in [-0.4, -0.2) is 121 Å². The molecule has 0 aromatic carbocycles. The van der Waals surface area contributed by atoms with E-state index < -0.39 is 80.3 Å². The van der Waals surface area contributed by atoms with Crippen molar-refractivity contribution < 1.29 is 55.1 Å². The van der Waals surface area contributed by atoms with E-state index in [9.17, 15) is 45.6 Å². The molecule has 12 heteroatoms.